The highest BCUT2D eigenvalue weighted by Gasteiger charge is 2.51. The summed E-state index contributed by atoms with van der Waals surface area (Å²) in [6, 6.07) is 0. The van der Waals surface area contributed by atoms with Crippen molar-refractivity contribution in [1.29, 1.82) is 0 Å². The van der Waals surface area contributed by atoms with E-state index in [0.29, 0.717) is 0 Å². The maximum atomic E-state index is 5.25. The molecule has 4 atom stereocenters. The number of rotatable bonds is 4. The summed E-state index contributed by atoms with van der Waals surface area (Å²) in [5.74, 6) is 3.15. The molecular weight excluding hydrogens is 166 g/mol. The van der Waals surface area contributed by atoms with E-state index >= 15 is 0 Å². The molecule has 0 radical (unpaired) electrons. The topological polar surface area (TPSA) is 30.5 Å². The first-order valence-corrected chi connectivity index (χ1v) is 5.07. The van der Waals surface area contributed by atoms with Crippen molar-refractivity contribution in [2.45, 2.75) is 0 Å². The fourth-order valence-corrected chi connectivity index (χ4v) is 3.03. The van der Waals surface area contributed by atoms with E-state index in [1.165, 1.54) is 13.1 Å². The van der Waals surface area contributed by atoms with Crippen LogP contribution in [0.5, 0.6) is 0 Å². The first kappa shape index (κ1) is 9.44. The highest BCUT2D eigenvalue weighted by molar-refractivity contribution is 5.02. The lowest BCUT2D eigenvalue weighted by atomic mass is 9.59. The van der Waals surface area contributed by atoms with E-state index in [1.807, 2.05) is 0 Å². The van der Waals surface area contributed by atoms with Crippen LogP contribution in [-0.4, -0.2) is 40.5 Å². The van der Waals surface area contributed by atoms with Crippen molar-refractivity contribution in [1.82, 2.24) is 5.32 Å². The van der Waals surface area contributed by atoms with E-state index in [4.69, 9.17) is 9.47 Å². The molecule has 0 aromatic heterocycles. The maximum absolute atomic E-state index is 5.25. The van der Waals surface area contributed by atoms with Crippen LogP contribution in [0.3, 0.4) is 0 Å². The van der Waals surface area contributed by atoms with Crippen LogP contribution in [0.2, 0.25) is 0 Å². The highest BCUT2D eigenvalue weighted by atomic mass is 16.5. The van der Waals surface area contributed by atoms with E-state index in [9.17, 15) is 0 Å². The summed E-state index contributed by atoms with van der Waals surface area (Å²) >= 11 is 0. The van der Waals surface area contributed by atoms with Gasteiger partial charge in [-0.3, -0.25) is 0 Å². The van der Waals surface area contributed by atoms with Crippen LogP contribution in [-0.2, 0) is 9.47 Å². The molecule has 0 aromatic rings. The van der Waals surface area contributed by atoms with Crippen LogP contribution in [0, 0.1) is 23.7 Å². The maximum Gasteiger partial charge on any atom is 0.0497 e. The zero-order valence-corrected chi connectivity index (χ0v) is 8.45. The molecule has 2 aliphatic rings. The average Bonchev–Trinajstić information content (AvgIpc) is 2.55. The van der Waals surface area contributed by atoms with Gasteiger partial charge in [-0.1, -0.05) is 0 Å². The predicted octanol–water partition coefficient (Wildman–Crippen LogP) is 0.361. The van der Waals surface area contributed by atoms with Crippen LogP contribution in [0.25, 0.3) is 0 Å². The minimum atomic E-state index is 0.727. The number of hydrogen-bond donors (Lipinski definition) is 1. The molecule has 1 saturated heterocycles. The molecule has 2 rings (SSSR count). The molecule has 0 spiro atoms. The van der Waals surface area contributed by atoms with Crippen molar-refractivity contribution in [2.24, 2.45) is 23.7 Å². The van der Waals surface area contributed by atoms with Crippen molar-refractivity contribution < 1.29 is 9.47 Å². The zero-order chi connectivity index (χ0) is 9.26. The Labute approximate surface area is 79.8 Å². The second kappa shape index (κ2) is 3.95. The summed E-state index contributed by atoms with van der Waals surface area (Å²) in [5, 5.41) is 3.45. The number of fused-ring (bicyclic) bond motifs is 1. The van der Waals surface area contributed by atoms with Crippen LogP contribution >= 0.6 is 0 Å². The molecule has 0 amide bonds. The minimum Gasteiger partial charge on any atom is -0.384 e. The first-order valence-electron chi connectivity index (χ1n) is 5.07. The number of methoxy groups -OCH3 is 2. The normalized spacial score (nSPS) is 42.9. The molecule has 1 saturated carbocycles. The van der Waals surface area contributed by atoms with Crippen molar-refractivity contribution in [3.8, 4) is 0 Å². The van der Waals surface area contributed by atoms with Gasteiger partial charge < -0.3 is 14.8 Å². The van der Waals surface area contributed by atoms with Crippen molar-refractivity contribution >= 4 is 0 Å². The summed E-state index contributed by atoms with van der Waals surface area (Å²) in [5.41, 5.74) is 0. The van der Waals surface area contributed by atoms with Gasteiger partial charge in [-0.25, -0.2) is 0 Å². The Hall–Kier alpha value is -0.120. The summed E-state index contributed by atoms with van der Waals surface area (Å²) in [6.07, 6.45) is 0. The number of hydrogen-bond acceptors (Lipinski definition) is 3. The molecule has 3 heteroatoms. The molecule has 4 unspecified atom stereocenters. The van der Waals surface area contributed by atoms with E-state index in [-0.39, 0.29) is 0 Å². The van der Waals surface area contributed by atoms with E-state index in [1.54, 1.807) is 14.2 Å². The predicted molar refractivity (Wildman–Crippen MR) is 50.6 cm³/mol. The molecular formula is C10H19NO2. The third-order valence-electron chi connectivity index (χ3n) is 3.68. The largest absolute Gasteiger partial charge is 0.384 e. The summed E-state index contributed by atoms with van der Waals surface area (Å²) in [4.78, 5) is 0. The summed E-state index contributed by atoms with van der Waals surface area (Å²) in [7, 11) is 3.58. The molecule has 1 heterocycles. The average molecular weight is 185 g/mol. The molecule has 76 valence electrons. The summed E-state index contributed by atoms with van der Waals surface area (Å²) in [6.45, 7) is 4.16. The number of nitrogens with one attached hydrogen (secondary N) is 1. The fourth-order valence-electron chi connectivity index (χ4n) is 3.03. The highest BCUT2D eigenvalue weighted by Crippen LogP contribution is 2.48. The molecule has 0 aromatic carbocycles. The smallest absolute Gasteiger partial charge is 0.0497 e. The van der Waals surface area contributed by atoms with Gasteiger partial charge in [-0.15, -0.1) is 0 Å². The van der Waals surface area contributed by atoms with Crippen LogP contribution in [0.15, 0.2) is 0 Å². The Morgan fingerprint density at radius 1 is 1.00 bits per heavy atom. The van der Waals surface area contributed by atoms with E-state index in [2.05, 4.69) is 5.32 Å². The van der Waals surface area contributed by atoms with Gasteiger partial charge in [0.2, 0.25) is 0 Å². The van der Waals surface area contributed by atoms with E-state index < -0.39 is 0 Å². The lowest BCUT2D eigenvalue weighted by Crippen LogP contribution is -2.50. The van der Waals surface area contributed by atoms with Crippen molar-refractivity contribution in [2.75, 3.05) is 40.5 Å². The minimum absolute atomic E-state index is 0.727. The van der Waals surface area contributed by atoms with Gasteiger partial charge in [0.05, 0.1) is 0 Å². The Morgan fingerprint density at radius 2 is 1.46 bits per heavy atom. The molecule has 0 bridgehead atoms. The Morgan fingerprint density at radius 3 is 1.85 bits per heavy atom. The van der Waals surface area contributed by atoms with Gasteiger partial charge in [0.1, 0.15) is 0 Å². The van der Waals surface area contributed by atoms with Gasteiger partial charge in [0.15, 0.2) is 0 Å². The first-order chi connectivity index (χ1) is 6.38. The SMILES string of the molecule is COCC1C2CNCC2C1COC. The number of ether oxygens (including phenoxy) is 2. The van der Waals surface area contributed by atoms with Crippen LogP contribution < -0.4 is 5.32 Å². The fraction of sp³-hybridized carbons (Fsp3) is 1.00. The lowest BCUT2D eigenvalue weighted by molar-refractivity contribution is -0.0696. The monoisotopic (exact) mass is 185 g/mol. The third-order valence-corrected chi connectivity index (χ3v) is 3.68. The van der Waals surface area contributed by atoms with Gasteiger partial charge in [-0.2, -0.15) is 0 Å². The Bertz CT molecular complexity index is 156. The Kier molecular flexibility index (Phi) is 2.86. The van der Waals surface area contributed by atoms with Crippen molar-refractivity contribution in [3.63, 3.8) is 0 Å². The third kappa shape index (κ3) is 1.49. The standard InChI is InChI=1S/C10H19NO2/c1-12-5-9-7-3-11-4-8(7)10(9)6-13-2/h7-11H,3-6H2,1-2H3. The molecule has 2 fully saturated rings. The second-order valence-electron chi connectivity index (χ2n) is 4.22. The van der Waals surface area contributed by atoms with Gasteiger partial charge in [0, 0.05) is 27.4 Å². The Balaban J connectivity index is 1.91. The summed E-state index contributed by atoms with van der Waals surface area (Å²) < 4.78 is 10.5. The van der Waals surface area contributed by atoms with Crippen molar-refractivity contribution in [3.05, 3.63) is 0 Å². The molecule has 13 heavy (non-hydrogen) atoms. The molecule has 1 aliphatic carbocycles. The van der Waals surface area contributed by atoms with Gasteiger partial charge in [0.25, 0.3) is 0 Å². The van der Waals surface area contributed by atoms with Crippen LogP contribution in [0.1, 0.15) is 0 Å². The van der Waals surface area contributed by atoms with Gasteiger partial charge in [-0.05, 0) is 36.8 Å². The zero-order valence-electron chi connectivity index (χ0n) is 8.45. The molecule has 1 N–H and O–H groups in total. The second-order valence-corrected chi connectivity index (χ2v) is 4.22. The van der Waals surface area contributed by atoms with Crippen LogP contribution in [0.4, 0.5) is 0 Å². The molecule has 1 aliphatic heterocycles. The quantitative estimate of drug-likeness (QED) is 0.686. The van der Waals surface area contributed by atoms with Gasteiger partial charge >= 0.3 is 0 Å². The molecule has 3 nitrogen and oxygen atoms in total. The lowest BCUT2D eigenvalue weighted by Gasteiger charge is -2.47. The van der Waals surface area contributed by atoms with E-state index in [0.717, 1.165) is 36.9 Å².